The number of fused-ring (bicyclic) bond motifs is 1. The Morgan fingerprint density at radius 3 is 2.73 bits per heavy atom. The van der Waals surface area contributed by atoms with Crippen LogP contribution in [0.15, 0.2) is 30.6 Å². The molecule has 2 atom stereocenters. The van der Waals surface area contributed by atoms with E-state index in [1.165, 1.54) is 12.1 Å². The molecule has 192 valence electrons. The predicted octanol–water partition coefficient (Wildman–Crippen LogP) is 6.16. The summed E-state index contributed by atoms with van der Waals surface area (Å²) >= 11 is 5.98. The summed E-state index contributed by atoms with van der Waals surface area (Å²) in [5.41, 5.74) is 2.37. The Hall–Kier alpha value is -3.11. The summed E-state index contributed by atoms with van der Waals surface area (Å²) in [6, 6.07) is 4.78. The number of ether oxygens (including phenoxy) is 1. The van der Waals surface area contributed by atoms with Crippen LogP contribution in [0.5, 0.6) is 0 Å². The van der Waals surface area contributed by atoms with Crippen molar-refractivity contribution >= 4 is 22.8 Å². The van der Waals surface area contributed by atoms with Crippen LogP contribution in [0, 0.1) is 12.7 Å². The third kappa shape index (κ3) is 4.92. The van der Waals surface area contributed by atoms with Gasteiger partial charge in [0, 0.05) is 34.9 Å². The molecule has 11 heteroatoms. The molecule has 37 heavy (non-hydrogen) atoms. The maximum atomic E-state index is 15.0. The van der Waals surface area contributed by atoms with Crippen molar-refractivity contribution in [3.63, 3.8) is 0 Å². The van der Waals surface area contributed by atoms with Gasteiger partial charge in [0.1, 0.15) is 22.9 Å². The Balaban J connectivity index is 1.42. The lowest BCUT2D eigenvalue weighted by atomic mass is 9.92. The van der Waals surface area contributed by atoms with Crippen LogP contribution >= 0.6 is 11.6 Å². The van der Waals surface area contributed by atoms with E-state index < -0.39 is 18.7 Å². The number of halogens is 4. The molecule has 0 bridgehead atoms. The van der Waals surface area contributed by atoms with E-state index in [-0.39, 0.29) is 45.2 Å². The van der Waals surface area contributed by atoms with E-state index in [2.05, 4.69) is 20.1 Å². The Kier molecular flexibility index (Phi) is 6.32. The lowest BCUT2D eigenvalue weighted by Gasteiger charge is -2.28. The molecule has 0 radical (unpaired) electrons. The van der Waals surface area contributed by atoms with Crippen LogP contribution < -0.4 is 0 Å². The van der Waals surface area contributed by atoms with E-state index >= 15 is 4.39 Å². The average molecular weight is 529 g/mol. The van der Waals surface area contributed by atoms with Gasteiger partial charge in [0.2, 0.25) is 6.43 Å². The summed E-state index contributed by atoms with van der Waals surface area (Å²) in [5.74, 6) is -0.212. The number of hydrogen-bond donors (Lipinski definition) is 0. The van der Waals surface area contributed by atoms with Gasteiger partial charge in [-0.15, -0.1) is 0 Å². The Morgan fingerprint density at radius 1 is 1.14 bits per heavy atom. The van der Waals surface area contributed by atoms with E-state index in [1.807, 2.05) is 17.1 Å². The highest BCUT2D eigenvalue weighted by Gasteiger charge is 2.31. The van der Waals surface area contributed by atoms with Gasteiger partial charge in [0.15, 0.2) is 5.65 Å². The number of rotatable bonds is 6. The summed E-state index contributed by atoms with van der Waals surface area (Å²) in [6.45, 7) is 2.09. The van der Waals surface area contributed by atoms with Crippen LogP contribution in [0.25, 0.3) is 22.4 Å². The number of aromatic nitrogens is 6. The van der Waals surface area contributed by atoms with E-state index in [9.17, 15) is 8.78 Å². The summed E-state index contributed by atoms with van der Waals surface area (Å²) in [4.78, 5) is 18.3. The topological polar surface area (TPSA) is 78.6 Å². The maximum Gasteiger partial charge on any atom is 0.244 e. The van der Waals surface area contributed by atoms with E-state index in [0.717, 1.165) is 18.4 Å². The molecule has 0 spiro atoms. The molecule has 1 aromatic carbocycles. The summed E-state index contributed by atoms with van der Waals surface area (Å²) < 4.78 is 49.4. The molecule has 2 aliphatic rings. The number of benzene rings is 1. The monoisotopic (exact) mass is 528 g/mol. The predicted molar refractivity (Wildman–Crippen MR) is 131 cm³/mol. The highest BCUT2D eigenvalue weighted by molar-refractivity contribution is 6.30. The number of hydrogen-bond acceptors (Lipinski definition) is 6. The largest absolute Gasteiger partial charge is 0.373 e. The third-order valence-electron chi connectivity index (χ3n) is 6.92. The summed E-state index contributed by atoms with van der Waals surface area (Å²) in [7, 11) is 0. The molecule has 0 N–H and O–H groups in total. The molecular formula is C26H24ClF3N6O. The summed E-state index contributed by atoms with van der Waals surface area (Å²) in [6.07, 6.45) is 4.11. The van der Waals surface area contributed by atoms with E-state index in [0.29, 0.717) is 37.0 Å². The molecule has 1 saturated carbocycles. The molecule has 0 unspecified atom stereocenters. The van der Waals surface area contributed by atoms with Crippen LogP contribution in [-0.2, 0) is 11.2 Å². The van der Waals surface area contributed by atoms with Crippen molar-refractivity contribution in [1.29, 1.82) is 0 Å². The quantitative estimate of drug-likeness (QED) is 0.298. The number of nitrogens with zero attached hydrogens (tertiary/aromatic N) is 6. The fourth-order valence-electron chi connectivity index (χ4n) is 4.79. The average Bonchev–Trinajstić information content (AvgIpc) is 3.60. The van der Waals surface area contributed by atoms with Gasteiger partial charge in [-0.25, -0.2) is 33.1 Å². The standard InChI is InChI=1S/C26H24ClF3N6O/c1-13-20(10-22(29)30)33-26-24(32-13)23(18-5-2-16(27)9-19(18)28)34-25(35-26)14-6-7-37-21(8-14)15-11-31-36(12-15)17-3-4-17/h2,5,9,11-12,14,17,21-22H,3-4,6-8,10H2,1H3/t14-,21+/m1/s1. The molecule has 3 aromatic heterocycles. The van der Waals surface area contributed by atoms with Crippen molar-refractivity contribution in [2.45, 2.75) is 63.5 Å². The molecule has 1 saturated heterocycles. The molecule has 1 aliphatic heterocycles. The first-order valence-corrected chi connectivity index (χ1v) is 12.7. The second kappa shape index (κ2) is 9.64. The molecule has 2 fully saturated rings. The van der Waals surface area contributed by atoms with Gasteiger partial charge in [-0.2, -0.15) is 5.10 Å². The second-order valence-corrected chi connectivity index (χ2v) is 10.1. The van der Waals surface area contributed by atoms with Gasteiger partial charge in [0.25, 0.3) is 0 Å². The number of aryl methyl sites for hydroxylation is 1. The van der Waals surface area contributed by atoms with Crippen LogP contribution in [0.3, 0.4) is 0 Å². The van der Waals surface area contributed by atoms with Crippen molar-refractivity contribution < 1.29 is 17.9 Å². The fraction of sp³-hybridized carbons (Fsp3) is 0.423. The lowest BCUT2D eigenvalue weighted by molar-refractivity contribution is 0.00396. The van der Waals surface area contributed by atoms with Gasteiger partial charge in [-0.3, -0.25) is 4.68 Å². The molecule has 0 amide bonds. The maximum absolute atomic E-state index is 15.0. The number of alkyl halides is 2. The third-order valence-corrected chi connectivity index (χ3v) is 7.15. The summed E-state index contributed by atoms with van der Waals surface area (Å²) in [5, 5.41) is 4.73. The van der Waals surface area contributed by atoms with Gasteiger partial charge in [-0.05, 0) is 50.8 Å². The van der Waals surface area contributed by atoms with Crippen LogP contribution in [0.4, 0.5) is 13.2 Å². The Bertz CT molecular complexity index is 1470. The van der Waals surface area contributed by atoms with Crippen LogP contribution in [0.2, 0.25) is 5.02 Å². The van der Waals surface area contributed by atoms with Crippen molar-refractivity contribution in [2.75, 3.05) is 6.61 Å². The Morgan fingerprint density at radius 2 is 1.97 bits per heavy atom. The van der Waals surface area contributed by atoms with Crippen molar-refractivity contribution in [2.24, 2.45) is 0 Å². The first-order chi connectivity index (χ1) is 17.9. The van der Waals surface area contributed by atoms with E-state index in [4.69, 9.17) is 21.3 Å². The zero-order chi connectivity index (χ0) is 25.7. The van der Waals surface area contributed by atoms with Crippen molar-refractivity contribution in [3.8, 4) is 11.3 Å². The zero-order valence-electron chi connectivity index (χ0n) is 20.0. The molecule has 7 nitrogen and oxygen atoms in total. The van der Waals surface area contributed by atoms with Crippen molar-refractivity contribution in [1.82, 2.24) is 29.7 Å². The molecular weight excluding hydrogens is 505 g/mol. The smallest absolute Gasteiger partial charge is 0.244 e. The van der Waals surface area contributed by atoms with Gasteiger partial charge in [-0.1, -0.05) is 11.6 Å². The Labute approximate surface area is 216 Å². The highest BCUT2D eigenvalue weighted by atomic mass is 35.5. The molecule has 4 heterocycles. The second-order valence-electron chi connectivity index (χ2n) is 9.64. The van der Waals surface area contributed by atoms with Gasteiger partial charge < -0.3 is 4.74 Å². The molecule has 4 aromatic rings. The minimum absolute atomic E-state index is 0.108. The van der Waals surface area contributed by atoms with Gasteiger partial charge in [0.05, 0.1) is 36.2 Å². The van der Waals surface area contributed by atoms with Gasteiger partial charge >= 0.3 is 0 Å². The highest BCUT2D eigenvalue weighted by Crippen LogP contribution is 2.40. The SMILES string of the molecule is Cc1nc2c(-c3ccc(Cl)cc3F)nc([C@@H]3CCO[C@H](c4cnn(C5CC5)c4)C3)nc2nc1CC(F)F. The molecule has 6 rings (SSSR count). The van der Waals surface area contributed by atoms with E-state index in [1.54, 1.807) is 13.0 Å². The molecule has 1 aliphatic carbocycles. The first kappa shape index (κ1) is 24.2. The van der Waals surface area contributed by atoms with Crippen LogP contribution in [0.1, 0.15) is 66.5 Å². The first-order valence-electron chi connectivity index (χ1n) is 12.3. The normalized spacial score (nSPS) is 20.2. The lowest BCUT2D eigenvalue weighted by Crippen LogP contribution is -2.20. The fourth-order valence-corrected chi connectivity index (χ4v) is 4.95. The minimum Gasteiger partial charge on any atom is -0.373 e. The van der Waals surface area contributed by atoms with Crippen molar-refractivity contribution in [3.05, 3.63) is 64.2 Å². The zero-order valence-corrected chi connectivity index (χ0v) is 20.8. The minimum atomic E-state index is -2.58. The van der Waals surface area contributed by atoms with Crippen LogP contribution in [-0.4, -0.2) is 42.7 Å².